The van der Waals surface area contributed by atoms with Crippen LogP contribution in [0.5, 0.6) is 5.75 Å². The number of rotatable bonds is 9. The van der Waals surface area contributed by atoms with E-state index in [0.717, 1.165) is 12.1 Å². The molecule has 30 heavy (non-hydrogen) atoms. The van der Waals surface area contributed by atoms with Crippen LogP contribution in [0.2, 0.25) is 5.02 Å². The molecule has 0 aliphatic rings. The minimum atomic E-state index is -3.00. The lowest BCUT2D eigenvalue weighted by molar-refractivity contribution is -0.148. The molecule has 2 rings (SSSR count). The minimum Gasteiger partial charge on any atom is -0.456 e. The van der Waals surface area contributed by atoms with Gasteiger partial charge in [0, 0.05) is 22.6 Å². The molecule has 2 amide bonds. The van der Waals surface area contributed by atoms with Crippen LogP contribution in [-0.4, -0.2) is 36.8 Å². The number of Topliss-reactive ketones (excluding diaryl/α,β-unsaturated/α-hetero) is 1. The van der Waals surface area contributed by atoms with Crippen molar-refractivity contribution in [1.29, 1.82) is 0 Å². The fourth-order valence-electron chi connectivity index (χ4n) is 2.24. The summed E-state index contributed by atoms with van der Waals surface area (Å²) in [5.74, 6) is -2.91. The normalized spacial score (nSPS) is 10.4. The number of halogens is 3. The van der Waals surface area contributed by atoms with Crippen LogP contribution >= 0.6 is 11.6 Å². The predicted octanol–water partition coefficient (Wildman–Crippen LogP) is 3.40. The van der Waals surface area contributed by atoms with Crippen molar-refractivity contribution in [2.45, 2.75) is 19.5 Å². The average molecular weight is 440 g/mol. The number of alkyl halides is 2. The van der Waals surface area contributed by atoms with Crippen molar-refractivity contribution in [3.8, 4) is 5.75 Å². The van der Waals surface area contributed by atoms with E-state index in [2.05, 4.69) is 4.74 Å². The topological polar surface area (TPSA) is 98.8 Å². The van der Waals surface area contributed by atoms with Gasteiger partial charge in [-0.2, -0.15) is 8.78 Å². The first-order valence-corrected chi connectivity index (χ1v) is 8.96. The summed E-state index contributed by atoms with van der Waals surface area (Å²) in [5.41, 5.74) is 0.408. The van der Waals surface area contributed by atoms with Crippen molar-refractivity contribution in [1.82, 2.24) is 5.32 Å². The first-order valence-electron chi connectivity index (χ1n) is 8.58. The Labute approximate surface area is 174 Å². The standard InChI is InChI=1S/C20H16ClF2NO6/c21-14-5-1-12(2-6-14)16(25)9-10-18(27)29-11-17(26)24-19(28)13-3-7-15(8-4-13)30-20(22)23/h1-8,20H,9-11H2,(H,24,26,28). The van der Waals surface area contributed by atoms with Gasteiger partial charge in [-0.3, -0.25) is 24.5 Å². The summed E-state index contributed by atoms with van der Waals surface area (Å²) in [6.07, 6.45) is -0.359. The number of imide groups is 1. The summed E-state index contributed by atoms with van der Waals surface area (Å²) in [6.45, 7) is -3.71. The highest BCUT2D eigenvalue weighted by atomic mass is 35.5. The molecule has 10 heteroatoms. The van der Waals surface area contributed by atoms with Crippen LogP contribution in [0.25, 0.3) is 0 Å². The first kappa shape index (κ1) is 23.0. The highest BCUT2D eigenvalue weighted by Crippen LogP contribution is 2.15. The third-order valence-corrected chi connectivity index (χ3v) is 3.93. The Bertz CT molecular complexity index is 916. The van der Waals surface area contributed by atoms with Crippen molar-refractivity contribution in [3.05, 3.63) is 64.7 Å². The minimum absolute atomic E-state index is 0.0184. The van der Waals surface area contributed by atoms with Crippen LogP contribution in [0, 0.1) is 0 Å². The average Bonchev–Trinajstić information content (AvgIpc) is 2.71. The lowest BCUT2D eigenvalue weighted by Gasteiger charge is -2.07. The molecule has 0 spiro atoms. The molecule has 0 radical (unpaired) electrons. The van der Waals surface area contributed by atoms with Crippen LogP contribution in [0.15, 0.2) is 48.5 Å². The molecule has 1 N–H and O–H groups in total. The van der Waals surface area contributed by atoms with Crippen molar-refractivity contribution < 1.29 is 37.4 Å². The number of carbonyl (C=O) groups is 4. The van der Waals surface area contributed by atoms with E-state index in [4.69, 9.17) is 16.3 Å². The summed E-state index contributed by atoms with van der Waals surface area (Å²) in [5, 5.41) is 2.46. The number of nitrogens with one attached hydrogen (secondary N) is 1. The smallest absolute Gasteiger partial charge is 0.387 e. The SMILES string of the molecule is O=C(COC(=O)CCC(=O)c1ccc(Cl)cc1)NC(=O)c1ccc(OC(F)F)cc1. The maximum Gasteiger partial charge on any atom is 0.387 e. The molecular weight excluding hydrogens is 424 g/mol. The second kappa shape index (κ2) is 11.0. The lowest BCUT2D eigenvalue weighted by atomic mass is 10.1. The summed E-state index contributed by atoms with van der Waals surface area (Å²) in [6, 6.07) is 10.8. The van der Waals surface area contributed by atoms with Crippen LogP contribution < -0.4 is 10.1 Å². The number of esters is 1. The van der Waals surface area contributed by atoms with E-state index < -0.39 is 31.0 Å². The van der Waals surface area contributed by atoms with Crippen molar-refractivity contribution >= 4 is 35.2 Å². The molecular formula is C20H16ClF2NO6. The van der Waals surface area contributed by atoms with Crippen LogP contribution in [0.3, 0.4) is 0 Å². The number of hydrogen-bond acceptors (Lipinski definition) is 6. The van der Waals surface area contributed by atoms with E-state index in [1.165, 1.54) is 24.3 Å². The Hall–Kier alpha value is -3.33. The van der Waals surface area contributed by atoms with E-state index >= 15 is 0 Å². The molecule has 0 aliphatic carbocycles. The summed E-state index contributed by atoms with van der Waals surface area (Å²) >= 11 is 5.73. The molecule has 7 nitrogen and oxygen atoms in total. The van der Waals surface area contributed by atoms with Gasteiger partial charge in [-0.25, -0.2) is 0 Å². The molecule has 158 valence electrons. The van der Waals surface area contributed by atoms with Gasteiger partial charge in [-0.1, -0.05) is 11.6 Å². The molecule has 0 bridgehead atoms. The Morgan fingerprint density at radius 3 is 2.10 bits per heavy atom. The van der Waals surface area contributed by atoms with Crippen LogP contribution in [-0.2, 0) is 14.3 Å². The van der Waals surface area contributed by atoms with Crippen LogP contribution in [0.1, 0.15) is 33.6 Å². The zero-order chi connectivity index (χ0) is 22.1. The summed E-state index contributed by atoms with van der Waals surface area (Å²) < 4.78 is 33.1. The molecule has 0 unspecified atom stereocenters. The molecule has 0 atom stereocenters. The van der Waals surface area contributed by atoms with Gasteiger partial charge in [0.15, 0.2) is 12.4 Å². The van der Waals surface area contributed by atoms with Gasteiger partial charge in [-0.15, -0.1) is 0 Å². The molecule has 2 aromatic carbocycles. The molecule has 0 aromatic heterocycles. The maximum atomic E-state index is 12.1. The largest absolute Gasteiger partial charge is 0.456 e. The Morgan fingerprint density at radius 2 is 1.50 bits per heavy atom. The number of hydrogen-bond donors (Lipinski definition) is 1. The van der Waals surface area contributed by atoms with Gasteiger partial charge in [-0.05, 0) is 48.5 Å². The maximum absolute atomic E-state index is 12.1. The van der Waals surface area contributed by atoms with Crippen molar-refractivity contribution in [2.24, 2.45) is 0 Å². The van der Waals surface area contributed by atoms with Gasteiger partial charge in [0.25, 0.3) is 11.8 Å². The zero-order valence-electron chi connectivity index (χ0n) is 15.4. The number of ether oxygens (including phenoxy) is 2. The van der Waals surface area contributed by atoms with Gasteiger partial charge < -0.3 is 9.47 Å². The first-order chi connectivity index (χ1) is 14.2. The molecule has 0 saturated carbocycles. The number of ketones is 1. The third kappa shape index (κ3) is 7.59. The molecule has 0 saturated heterocycles. The highest BCUT2D eigenvalue weighted by molar-refractivity contribution is 6.30. The van der Waals surface area contributed by atoms with E-state index in [-0.39, 0.29) is 29.9 Å². The number of benzene rings is 2. The van der Waals surface area contributed by atoms with Gasteiger partial charge >= 0.3 is 12.6 Å². The predicted molar refractivity (Wildman–Crippen MR) is 102 cm³/mol. The van der Waals surface area contributed by atoms with Gasteiger partial charge in [0.05, 0.1) is 6.42 Å². The lowest BCUT2D eigenvalue weighted by Crippen LogP contribution is -2.34. The second-order valence-corrected chi connectivity index (χ2v) is 6.31. The Balaban J connectivity index is 1.72. The fourth-order valence-corrected chi connectivity index (χ4v) is 2.36. The monoisotopic (exact) mass is 439 g/mol. The summed E-state index contributed by atoms with van der Waals surface area (Å²) in [7, 11) is 0. The molecule has 2 aromatic rings. The molecule has 0 fully saturated rings. The Morgan fingerprint density at radius 1 is 0.900 bits per heavy atom. The van der Waals surface area contributed by atoms with Crippen LogP contribution in [0.4, 0.5) is 8.78 Å². The fraction of sp³-hybridized carbons (Fsp3) is 0.200. The van der Waals surface area contributed by atoms with E-state index in [1.807, 2.05) is 5.32 Å². The quantitative estimate of drug-likeness (QED) is 0.475. The van der Waals surface area contributed by atoms with E-state index in [0.29, 0.717) is 10.6 Å². The van der Waals surface area contributed by atoms with Crippen molar-refractivity contribution in [2.75, 3.05) is 6.61 Å². The third-order valence-electron chi connectivity index (χ3n) is 3.68. The number of carbonyl (C=O) groups excluding carboxylic acids is 4. The van der Waals surface area contributed by atoms with Gasteiger partial charge in [0.2, 0.25) is 0 Å². The number of amides is 2. The molecule has 0 aliphatic heterocycles. The molecule has 0 heterocycles. The second-order valence-electron chi connectivity index (χ2n) is 5.87. The van der Waals surface area contributed by atoms with Gasteiger partial charge in [0.1, 0.15) is 5.75 Å². The van der Waals surface area contributed by atoms with Crippen molar-refractivity contribution in [3.63, 3.8) is 0 Å². The zero-order valence-corrected chi connectivity index (χ0v) is 16.2. The van der Waals surface area contributed by atoms with E-state index in [9.17, 15) is 28.0 Å². The Kier molecular flexibility index (Phi) is 8.42. The highest BCUT2D eigenvalue weighted by Gasteiger charge is 2.15. The summed E-state index contributed by atoms with van der Waals surface area (Å²) in [4.78, 5) is 47.3. The van der Waals surface area contributed by atoms with E-state index in [1.54, 1.807) is 12.1 Å².